The number of ether oxygens (including phenoxy) is 1. The highest BCUT2D eigenvalue weighted by atomic mass is 16.5. The zero-order valence-corrected chi connectivity index (χ0v) is 14.7. The summed E-state index contributed by atoms with van der Waals surface area (Å²) in [7, 11) is 1.85. The van der Waals surface area contributed by atoms with Crippen LogP contribution in [0.5, 0.6) is 0 Å². The first-order valence-electron chi connectivity index (χ1n) is 8.89. The normalized spacial score (nSPS) is 36.4. The second kappa shape index (κ2) is 6.97. The van der Waals surface area contributed by atoms with Crippen LogP contribution in [0.4, 0.5) is 0 Å². The van der Waals surface area contributed by atoms with Crippen molar-refractivity contribution in [1.82, 2.24) is 4.90 Å². The number of hydrogen-bond acceptors (Lipinski definition) is 3. The standard InChI is InChI=1S/C18H36N2O/c1-17(2,3)15-7-5-10-18(14-19,11-9-15)20-12-6-8-16(13-20)21-4/h15-16H,5-14,19H2,1-4H3. The van der Waals surface area contributed by atoms with Gasteiger partial charge < -0.3 is 10.5 Å². The first-order valence-corrected chi connectivity index (χ1v) is 8.89. The number of methoxy groups -OCH3 is 1. The van der Waals surface area contributed by atoms with Gasteiger partial charge in [0.15, 0.2) is 0 Å². The van der Waals surface area contributed by atoms with Gasteiger partial charge in [0.25, 0.3) is 0 Å². The van der Waals surface area contributed by atoms with Crippen molar-refractivity contribution in [2.24, 2.45) is 17.1 Å². The monoisotopic (exact) mass is 296 g/mol. The van der Waals surface area contributed by atoms with Crippen LogP contribution in [-0.4, -0.2) is 43.3 Å². The van der Waals surface area contributed by atoms with Crippen LogP contribution >= 0.6 is 0 Å². The molecule has 0 amide bonds. The highest BCUT2D eigenvalue weighted by molar-refractivity contribution is 4.97. The van der Waals surface area contributed by atoms with Gasteiger partial charge in [-0.1, -0.05) is 27.2 Å². The van der Waals surface area contributed by atoms with E-state index in [1.165, 1.54) is 51.5 Å². The summed E-state index contributed by atoms with van der Waals surface area (Å²) in [4.78, 5) is 2.68. The predicted molar refractivity (Wildman–Crippen MR) is 89.4 cm³/mol. The van der Waals surface area contributed by atoms with E-state index in [4.69, 9.17) is 10.5 Å². The Kier molecular flexibility index (Phi) is 5.72. The molecule has 1 saturated heterocycles. The third-order valence-electron chi connectivity index (χ3n) is 6.14. The Morgan fingerprint density at radius 1 is 1.14 bits per heavy atom. The Bertz CT molecular complexity index is 326. The summed E-state index contributed by atoms with van der Waals surface area (Å²) in [6.45, 7) is 10.3. The lowest BCUT2D eigenvalue weighted by Crippen LogP contribution is -2.58. The molecule has 0 aromatic rings. The van der Waals surface area contributed by atoms with Crippen molar-refractivity contribution in [3.05, 3.63) is 0 Å². The highest BCUT2D eigenvalue weighted by Crippen LogP contribution is 2.42. The van der Waals surface area contributed by atoms with Gasteiger partial charge in [-0.25, -0.2) is 0 Å². The molecule has 0 spiro atoms. The largest absolute Gasteiger partial charge is 0.380 e. The van der Waals surface area contributed by atoms with E-state index in [2.05, 4.69) is 25.7 Å². The van der Waals surface area contributed by atoms with Gasteiger partial charge in [0.05, 0.1) is 6.10 Å². The number of hydrogen-bond donors (Lipinski definition) is 1. The van der Waals surface area contributed by atoms with Crippen LogP contribution in [0.2, 0.25) is 0 Å². The van der Waals surface area contributed by atoms with Crippen LogP contribution in [0.25, 0.3) is 0 Å². The molecule has 3 unspecified atom stereocenters. The van der Waals surface area contributed by atoms with Gasteiger partial charge in [-0.3, -0.25) is 4.90 Å². The van der Waals surface area contributed by atoms with Gasteiger partial charge in [0.2, 0.25) is 0 Å². The number of likely N-dealkylation sites (tertiary alicyclic amines) is 1. The number of nitrogens with two attached hydrogens (primary N) is 1. The Labute approximate surface area is 131 Å². The Morgan fingerprint density at radius 2 is 1.90 bits per heavy atom. The molecule has 124 valence electrons. The van der Waals surface area contributed by atoms with Crippen molar-refractivity contribution < 1.29 is 4.74 Å². The van der Waals surface area contributed by atoms with Crippen LogP contribution in [-0.2, 0) is 4.74 Å². The fraction of sp³-hybridized carbons (Fsp3) is 1.00. The zero-order valence-electron chi connectivity index (χ0n) is 14.7. The average molecular weight is 296 g/mol. The smallest absolute Gasteiger partial charge is 0.0698 e. The summed E-state index contributed by atoms with van der Waals surface area (Å²) < 4.78 is 5.63. The number of piperidine rings is 1. The molecule has 1 saturated carbocycles. The van der Waals surface area contributed by atoms with E-state index in [0.29, 0.717) is 11.5 Å². The maximum atomic E-state index is 6.30. The molecule has 2 N–H and O–H groups in total. The summed E-state index contributed by atoms with van der Waals surface area (Å²) in [5.41, 5.74) is 6.96. The summed E-state index contributed by atoms with van der Waals surface area (Å²) >= 11 is 0. The molecule has 2 rings (SSSR count). The highest BCUT2D eigenvalue weighted by Gasteiger charge is 2.41. The minimum absolute atomic E-state index is 0.233. The Balaban J connectivity index is 2.07. The van der Waals surface area contributed by atoms with Crippen molar-refractivity contribution >= 4 is 0 Å². The van der Waals surface area contributed by atoms with E-state index in [1.54, 1.807) is 0 Å². The molecule has 1 aliphatic heterocycles. The van der Waals surface area contributed by atoms with Crippen molar-refractivity contribution in [3.8, 4) is 0 Å². The third kappa shape index (κ3) is 4.00. The van der Waals surface area contributed by atoms with Crippen molar-refractivity contribution in [3.63, 3.8) is 0 Å². The number of rotatable bonds is 3. The van der Waals surface area contributed by atoms with Gasteiger partial charge in [-0.05, 0) is 56.4 Å². The lowest BCUT2D eigenvalue weighted by molar-refractivity contribution is -0.0235. The van der Waals surface area contributed by atoms with Gasteiger partial charge in [-0.15, -0.1) is 0 Å². The molecule has 0 aromatic carbocycles. The molecule has 3 atom stereocenters. The minimum atomic E-state index is 0.233. The van der Waals surface area contributed by atoms with Crippen molar-refractivity contribution in [2.75, 3.05) is 26.7 Å². The van der Waals surface area contributed by atoms with Crippen LogP contribution in [0.3, 0.4) is 0 Å². The first kappa shape index (κ1) is 17.2. The predicted octanol–water partition coefficient (Wildman–Crippen LogP) is 3.42. The van der Waals surface area contributed by atoms with E-state index < -0.39 is 0 Å². The minimum Gasteiger partial charge on any atom is -0.380 e. The van der Waals surface area contributed by atoms with Gasteiger partial charge >= 0.3 is 0 Å². The lowest BCUT2D eigenvalue weighted by Gasteiger charge is -2.47. The molecule has 2 aliphatic rings. The second-order valence-electron chi connectivity index (χ2n) is 8.37. The summed E-state index contributed by atoms with van der Waals surface area (Å²) in [5, 5.41) is 0. The maximum Gasteiger partial charge on any atom is 0.0698 e. The van der Waals surface area contributed by atoms with Crippen molar-refractivity contribution in [1.29, 1.82) is 0 Å². The van der Waals surface area contributed by atoms with E-state index in [9.17, 15) is 0 Å². The number of nitrogens with zero attached hydrogens (tertiary/aromatic N) is 1. The van der Waals surface area contributed by atoms with Gasteiger partial charge in [0, 0.05) is 25.7 Å². The Morgan fingerprint density at radius 3 is 2.52 bits per heavy atom. The van der Waals surface area contributed by atoms with Crippen LogP contribution < -0.4 is 5.73 Å². The third-order valence-corrected chi connectivity index (χ3v) is 6.14. The van der Waals surface area contributed by atoms with E-state index in [-0.39, 0.29) is 5.54 Å². The van der Waals surface area contributed by atoms with E-state index in [0.717, 1.165) is 19.0 Å². The molecular formula is C18H36N2O. The summed E-state index contributed by atoms with van der Waals surface area (Å²) in [6.07, 6.45) is 9.42. The summed E-state index contributed by atoms with van der Waals surface area (Å²) in [5.74, 6) is 0.842. The molecule has 2 fully saturated rings. The van der Waals surface area contributed by atoms with Crippen LogP contribution in [0.1, 0.15) is 65.7 Å². The lowest BCUT2D eigenvalue weighted by atomic mass is 9.76. The molecule has 3 heteroatoms. The molecular weight excluding hydrogens is 260 g/mol. The molecule has 0 aromatic heterocycles. The zero-order chi connectivity index (χ0) is 15.5. The first-order chi connectivity index (χ1) is 9.91. The fourth-order valence-electron chi connectivity index (χ4n) is 4.47. The SMILES string of the molecule is COC1CCCN(C2(CN)CCCC(C(C)(C)C)CC2)C1. The second-order valence-corrected chi connectivity index (χ2v) is 8.37. The quantitative estimate of drug-likeness (QED) is 0.811. The van der Waals surface area contributed by atoms with Crippen LogP contribution in [0.15, 0.2) is 0 Å². The maximum absolute atomic E-state index is 6.30. The molecule has 0 bridgehead atoms. The molecule has 1 aliphatic carbocycles. The molecule has 0 radical (unpaired) electrons. The Hall–Kier alpha value is -0.120. The molecule has 1 heterocycles. The average Bonchev–Trinajstić information content (AvgIpc) is 2.70. The van der Waals surface area contributed by atoms with E-state index in [1.807, 2.05) is 7.11 Å². The topological polar surface area (TPSA) is 38.5 Å². The summed E-state index contributed by atoms with van der Waals surface area (Å²) in [6, 6.07) is 0. The van der Waals surface area contributed by atoms with Crippen molar-refractivity contribution in [2.45, 2.75) is 77.4 Å². The molecule has 21 heavy (non-hydrogen) atoms. The fourth-order valence-corrected chi connectivity index (χ4v) is 4.47. The van der Waals surface area contributed by atoms with Crippen LogP contribution in [0, 0.1) is 11.3 Å². The molecule has 3 nitrogen and oxygen atoms in total. The van der Waals surface area contributed by atoms with Gasteiger partial charge in [-0.2, -0.15) is 0 Å². The van der Waals surface area contributed by atoms with E-state index >= 15 is 0 Å². The van der Waals surface area contributed by atoms with Gasteiger partial charge in [0.1, 0.15) is 0 Å².